The Bertz CT molecular complexity index is 1780. The quantitative estimate of drug-likeness (QED) is 0.159. The second-order valence-electron chi connectivity index (χ2n) is 10.4. The van der Waals surface area contributed by atoms with Crippen LogP contribution in [-0.2, 0) is 25.6 Å². The number of hydrogen-bond acceptors (Lipinski definition) is 8. The first-order valence-corrected chi connectivity index (χ1v) is 15.3. The fourth-order valence-electron chi connectivity index (χ4n) is 5.09. The normalized spacial score (nSPS) is 16.8. The van der Waals surface area contributed by atoms with Gasteiger partial charge < -0.3 is 15.2 Å². The Labute approximate surface area is 245 Å². The van der Waals surface area contributed by atoms with E-state index in [4.69, 9.17) is 24.4 Å². The summed E-state index contributed by atoms with van der Waals surface area (Å²) in [5.41, 5.74) is 10.8. The van der Waals surface area contributed by atoms with Gasteiger partial charge in [0.05, 0.1) is 24.2 Å². The smallest absolute Gasteiger partial charge is 0.297 e. The third-order valence-electron chi connectivity index (χ3n) is 7.41. The first kappa shape index (κ1) is 27.9. The minimum atomic E-state index is -3.81. The summed E-state index contributed by atoms with van der Waals surface area (Å²) >= 11 is 0. The standard InChI is InChI=1S/C32H32N4O5S/c1-22-10-12-28(13-11-22)42(37,38)41-17-16-39-27-19-25(20-27)32-35-29(30-31(33)34-14-15-36(30)32)24-8-5-9-26(18-24)40-21-23-6-3-2-4-7-23/h2-15,18,25,27H,16-17,19-21H2,1H3,(H2,33,34)/t25-,27+. The number of nitrogens with zero attached hydrogens (tertiary/aromatic N) is 3. The van der Waals surface area contributed by atoms with Gasteiger partial charge in [-0.15, -0.1) is 0 Å². The van der Waals surface area contributed by atoms with Crippen LogP contribution in [0.1, 0.15) is 35.7 Å². The lowest BCUT2D eigenvalue weighted by molar-refractivity contribution is -0.0224. The van der Waals surface area contributed by atoms with Gasteiger partial charge in [0, 0.05) is 23.9 Å². The number of aromatic nitrogens is 3. The molecule has 0 amide bonds. The van der Waals surface area contributed by atoms with Crippen LogP contribution in [0, 0.1) is 6.92 Å². The van der Waals surface area contributed by atoms with Crippen molar-refractivity contribution >= 4 is 21.5 Å². The molecule has 10 heteroatoms. The molecule has 0 saturated heterocycles. The van der Waals surface area contributed by atoms with Gasteiger partial charge in [-0.25, -0.2) is 9.97 Å². The molecule has 0 atom stereocenters. The molecule has 2 heterocycles. The van der Waals surface area contributed by atoms with Crippen LogP contribution in [0.15, 0.2) is 96.2 Å². The number of fused-ring (bicyclic) bond motifs is 1. The second-order valence-corrected chi connectivity index (χ2v) is 12.0. The molecule has 1 saturated carbocycles. The van der Waals surface area contributed by atoms with Crippen LogP contribution in [-0.4, -0.2) is 42.1 Å². The third kappa shape index (κ3) is 6.01. The molecule has 5 aromatic rings. The van der Waals surface area contributed by atoms with Gasteiger partial charge in [0.1, 0.15) is 35.2 Å². The zero-order chi connectivity index (χ0) is 29.1. The number of benzene rings is 3. The fraction of sp³-hybridized carbons (Fsp3) is 0.250. The van der Waals surface area contributed by atoms with Gasteiger partial charge in [0.25, 0.3) is 10.1 Å². The summed E-state index contributed by atoms with van der Waals surface area (Å²) in [5, 5.41) is 0. The van der Waals surface area contributed by atoms with Crippen molar-refractivity contribution in [1.82, 2.24) is 14.4 Å². The van der Waals surface area contributed by atoms with Gasteiger partial charge in [-0.05, 0) is 49.6 Å². The molecule has 1 fully saturated rings. The number of hydrogen-bond donors (Lipinski definition) is 1. The van der Waals surface area contributed by atoms with Crippen molar-refractivity contribution in [2.24, 2.45) is 0 Å². The molecule has 42 heavy (non-hydrogen) atoms. The Balaban J connectivity index is 1.10. The molecular weight excluding hydrogens is 552 g/mol. The molecule has 6 rings (SSSR count). The third-order valence-corrected chi connectivity index (χ3v) is 8.74. The van der Waals surface area contributed by atoms with Crippen LogP contribution in [0.3, 0.4) is 0 Å². The number of ether oxygens (including phenoxy) is 2. The Morgan fingerprint density at radius 3 is 2.55 bits per heavy atom. The van der Waals surface area contributed by atoms with Crippen molar-refractivity contribution in [3.8, 4) is 17.0 Å². The van der Waals surface area contributed by atoms with E-state index in [9.17, 15) is 8.42 Å². The highest BCUT2D eigenvalue weighted by Gasteiger charge is 2.35. The maximum absolute atomic E-state index is 12.4. The van der Waals surface area contributed by atoms with Crippen molar-refractivity contribution in [1.29, 1.82) is 0 Å². The lowest BCUT2D eigenvalue weighted by Crippen LogP contribution is -2.32. The van der Waals surface area contributed by atoms with E-state index in [1.165, 1.54) is 0 Å². The Morgan fingerprint density at radius 1 is 0.976 bits per heavy atom. The molecule has 2 aromatic heterocycles. The SMILES string of the molecule is Cc1ccc(S(=O)(=O)OCCO[C@H]2C[C@@H](c3nc(-c4cccc(OCc5ccccc5)c4)c4c(N)nccn43)C2)cc1. The maximum Gasteiger partial charge on any atom is 0.297 e. The number of anilines is 1. The molecule has 0 unspecified atom stereocenters. The molecule has 0 spiro atoms. The van der Waals surface area contributed by atoms with Crippen LogP contribution in [0.5, 0.6) is 5.75 Å². The molecule has 0 radical (unpaired) electrons. The van der Waals surface area contributed by atoms with E-state index in [-0.39, 0.29) is 30.1 Å². The summed E-state index contributed by atoms with van der Waals surface area (Å²) in [4.78, 5) is 9.49. The van der Waals surface area contributed by atoms with E-state index in [1.807, 2.05) is 72.1 Å². The van der Waals surface area contributed by atoms with Gasteiger partial charge in [-0.2, -0.15) is 8.42 Å². The zero-order valence-electron chi connectivity index (χ0n) is 23.2. The number of rotatable bonds is 11. The lowest BCUT2D eigenvalue weighted by atomic mass is 9.81. The second kappa shape index (κ2) is 11.9. The van der Waals surface area contributed by atoms with Crippen LogP contribution in [0.4, 0.5) is 5.82 Å². The van der Waals surface area contributed by atoms with E-state index in [0.717, 1.165) is 52.3 Å². The first-order valence-electron chi connectivity index (χ1n) is 13.8. The molecule has 0 aliphatic heterocycles. The molecule has 1 aliphatic carbocycles. The lowest BCUT2D eigenvalue weighted by Gasteiger charge is -2.34. The Kier molecular flexibility index (Phi) is 7.92. The average Bonchev–Trinajstić information content (AvgIpc) is 3.36. The first-order chi connectivity index (χ1) is 20.4. The summed E-state index contributed by atoms with van der Waals surface area (Å²) in [6.07, 6.45) is 5.06. The van der Waals surface area contributed by atoms with Crippen molar-refractivity contribution in [3.63, 3.8) is 0 Å². The molecule has 2 N–H and O–H groups in total. The van der Waals surface area contributed by atoms with Crippen molar-refractivity contribution in [2.45, 2.75) is 43.3 Å². The monoisotopic (exact) mass is 584 g/mol. The van der Waals surface area contributed by atoms with Crippen molar-refractivity contribution < 1.29 is 22.1 Å². The largest absolute Gasteiger partial charge is 0.489 e. The summed E-state index contributed by atoms with van der Waals surface area (Å²) in [6, 6.07) is 24.4. The summed E-state index contributed by atoms with van der Waals surface area (Å²) in [7, 11) is -3.81. The fourth-order valence-corrected chi connectivity index (χ4v) is 5.99. The minimum Gasteiger partial charge on any atom is -0.489 e. The highest BCUT2D eigenvalue weighted by molar-refractivity contribution is 7.86. The Hall–Kier alpha value is -4.25. The van der Waals surface area contributed by atoms with E-state index < -0.39 is 10.1 Å². The number of aryl methyl sites for hydroxylation is 1. The summed E-state index contributed by atoms with van der Waals surface area (Å²) in [6.45, 7) is 2.51. The molecule has 1 aliphatic rings. The van der Waals surface area contributed by atoms with Crippen LogP contribution < -0.4 is 10.5 Å². The molecule has 9 nitrogen and oxygen atoms in total. The average molecular weight is 585 g/mol. The van der Waals surface area contributed by atoms with E-state index in [2.05, 4.69) is 4.98 Å². The van der Waals surface area contributed by atoms with E-state index in [1.54, 1.807) is 30.5 Å². The van der Waals surface area contributed by atoms with Crippen molar-refractivity contribution in [3.05, 3.63) is 108 Å². The number of nitrogen functional groups attached to an aromatic ring is 1. The minimum absolute atomic E-state index is 0.00891. The predicted octanol–water partition coefficient (Wildman–Crippen LogP) is 5.53. The van der Waals surface area contributed by atoms with Crippen LogP contribution in [0.2, 0.25) is 0 Å². The summed E-state index contributed by atoms with van der Waals surface area (Å²) < 4.78 is 43.9. The van der Waals surface area contributed by atoms with Gasteiger partial charge >= 0.3 is 0 Å². The van der Waals surface area contributed by atoms with Crippen LogP contribution in [0.25, 0.3) is 16.8 Å². The number of nitrogens with two attached hydrogens (primary N) is 1. The summed E-state index contributed by atoms with van der Waals surface area (Å²) in [5.74, 6) is 2.20. The van der Waals surface area contributed by atoms with Gasteiger partial charge in [0.2, 0.25) is 0 Å². The predicted molar refractivity (Wildman–Crippen MR) is 160 cm³/mol. The zero-order valence-corrected chi connectivity index (χ0v) is 24.0. The topological polar surface area (TPSA) is 118 Å². The molecule has 3 aromatic carbocycles. The van der Waals surface area contributed by atoms with Gasteiger partial charge in [0.15, 0.2) is 0 Å². The highest BCUT2D eigenvalue weighted by atomic mass is 32.2. The number of imidazole rings is 1. The van der Waals surface area contributed by atoms with Crippen molar-refractivity contribution in [2.75, 3.05) is 18.9 Å². The molecule has 0 bridgehead atoms. The van der Waals surface area contributed by atoms with Crippen LogP contribution >= 0.6 is 0 Å². The molecule has 216 valence electrons. The maximum atomic E-state index is 12.4. The van der Waals surface area contributed by atoms with Gasteiger partial charge in [-0.3, -0.25) is 8.58 Å². The van der Waals surface area contributed by atoms with E-state index in [0.29, 0.717) is 12.4 Å². The van der Waals surface area contributed by atoms with Gasteiger partial charge in [-0.1, -0.05) is 60.2 Å². The Morgan fingerprint density at radius 2 is 1.76 bits per heavy atom. The van der Waals surface area contributed by atoms with E-state index >= 15 is 0 Å². The highest BCUT2D eigenvalue weighted by Crippen LogP contribution is 2.41. The molecular formula is C32H32N4O5S.